The third-order valence-corrected chi connectivity index (χ3v) is 4.76. The molecule has 1 unspecified atom stereocenters. The van der Waals surface area contributed by atoms with Gasteiger partial charge in [0.15, 0.2) is 6.04 Å². The average Bonchev–Trinajstić information content (AvgIpc) is 3.00. The van der Waals surface area contributed by atoms with Gasteiger partial charge < -0.3 is 4.74 Å². The smallest absolute Gasteiger partial charge is 0.338 e. The minimum atomic E-state index is -0.775. The van der Waals surface area contributed by atoms with Crippen LogP contribution in [-0.4, -0.2) is 23.6 Å². The van der Waals surface area contributed by atoms with Crippen molar-refractivity contribution in [3.8, 4) is 5.75 Å². The third kappa shape index (κ3) is 5.12. The zero-order chi connectivity index (χ0) is 22.8. The van der Waals surface area contributed by atoms with Gasteiger partial charge in [0.05, 0.1) is 17.1 Å². The van der Waals surface area contributed by atoms with Crippen LogP contribution in [0.25, 0.3) is 0 Å². The molecule has 0 aromatic heterocycles. The number of esters is 1. The number of hydrazone groups is 1. The topological polar surface area (TPSA) is 83.7 Å². The average molecular weight is 418 g/mol. The molecule has 2 aromatic rings. The third-order valence-electron chi connectivity index (χ3n) is 4.76. The first-order valence-corrected chi connectivity index (χ1v) is 9.94. The Morgan fingerprint density at radius 3 is 2.26 bits per heavy atom. The summed E-state index contributed by atoms with van der Waals surface area (Å²) in [7, 11) is 0. The summed E-state index contributed by atoms with van der Waals surface area (Å²) in [5.41, 5.74) is 3.32. The summed E-state index contributed by atoms with van der Waals surface area (Å²) in [6, 6.07) is 13.5. The molecule has 31 heavy (non-hydrogen) atoms. The molecule has 0 saturated carbocycles. The number of nitrogens with zero attached hydrogens (tertiary/aromatic N) is 4. The van der Waals surface area contributed by atoms with Gasteiger partial charge in [0.1, 0.15) is 5.75 Å². The van der Waals surface area contributed by atoms with E-state index in [9.17, 15) is 9.59 Å². The van der Waals surface area contributed by atoms with Crippen LogP contribution < -0.4 is 9.75 Å². The van der Waals surface area contributed by atoms with Crippen molar-refractivity contribution in [2.24, 2.45) is 15.3 Å². The molecule has 0 bridgehead atoms. The molecule has 160 valence electrons. The van der Waals surface area contributed by atoms with Crippen LogP contribution >= 0.6 is 0 Å². The molecule has 0 saturated heterocycles. The number of carbonyl (C=O) groups is 2. The number of benzene rings is 2. The number of azo groups is 1. The first kappa shape index (κ1) is 22.1. The van der Waals surface area contributed by atoms with E-state index in [0.717, 1.165) is 0 Å². The van der Waals surface area contributed by atoms with Crippen molar-refractivity contribution in [1.82, 2.24) is 0 Å². The molecule has 1 heterocycles. The summed E-state index contributed by atoms with van der Waals surface area (Å²) >= 11 is 0. The molecule has 0 N–H and O–H groups in total. The Kier molecular flexibility index (Phi) is 6.15. The highest BCUT2D eigenvalue weighted by atomic mass is 16.5. The van der Waals surface area contributed by atoms with Gasteiger partial charge in [0.2, 0.25) is 0 Å². The van der Waals surface area contributed by atoms with Crippen molar-refractivity contribution in [3.63, 3.8) is 0 Å². The molecule has 0 radical (unpaired) electrons. The molecule has 7 heteroatoms. The fourth-order valence-electron chi connectivity index (χ4n) is 2.88. The van der Waals surface area contributed by atoms with Gasteiger partial charge in [-0.25, -0.2) is 4.79 Å². The summed E-state index contributed by atoms with van der Waals surface area (Å²) in [6.07, 6.45) is 0. The van der Waals surface area contributed by atoms with Crippen LogP contribution in [0.3, 0.4) is 0 Å². The van der Waals surface area contributed by atoms with Crippen molar-refractivity contribution in [2.45, 2.75) is 46.1 Å². The van der Waals surface area contributed by atoms with Crippen LogP contribution in [0, 0.1) is 0 Å². The summed E-state index contributed by atoms with van der Waals surface area (Å²) in [5, 5.41) is 14.1. The summed E-state index contributed by atoms with van der Waals surface area (Å²) in [4.78, 5) is 24.4. The van der Waals surface area contributed by atoms with Gasteiger partial charge in [0, 0.05) is 5.57 Å². The number of carbonyl (C=O) groups excluding carboxylic acids is 2. The molecule has 2 aromatic carbocycles. The van der Waals surface area contributed by atoms with E-state index in [1.807, 2.05) is 24.3 Å². The van der Waals surface area contributed by atoms with E-state index in [-0.39, 0.29) is 11.3 Å². The van der Waals surface area contributed by atoms with E-state index in [0.29, 0.717) is 28.4 Å². The Hall–Kier alpha value is -3.61. The van der Waals surface area contributed by atoms with Crippen LogP contribution in [0.4, 0.5) is 11.4 Å². The quantitative estimate of drug-likeness (QED) is 0.284. The minimum absolute atomic E-state index is 0.0296. The summed E-state index contributed by atoms with van der Waals surface area (Å²) in [5.74, 6) is -0.364. The molecule has 1 aliphatic heterocycles. The van der Waals surface area contributed by atoms with Crippen molar-refractivity contribution < 1.29 is 14.3 Å². The first-order valence-electron chi connectivity index (χ1n) is 9.94. The molecule has 1 atom stereocenters. The lowest BCUT2D eigenvalue weighted by molar-refractivity contribution is -0.130. The SMILES string of the molecule is C=C(C)C(=O)Oc1ccc(N=NC2C(=O)N(c3ccc(C(C)(C)C)cc3)N=C2C)cc1. The van der Waals surface area contributed by atoms with E-state index >= 15 is 0 Å². The maximum Gasteiger partial charge on any atom is 0.338 e. The lowest BCUT2D eigenvalue weighted by Gasteiger charge is -2.20. The Balaban J connectivity index is 1.70. The van der Waals surface area contributed by atoms with Crippen molar-refractivity contribution in [2.75, 3.05) is 5.01 Å². The maximum absolute atomic E-state index is 12.9. The summed E-state index contributed by atoms with van der Waals surface area (Å²) in [6.45, 7) is 13.3. The van der Waals surface area contributed by atoms with Gasteiger partial charge >= 0.3 is 5.97 Å². The molecular formula is C24H26N4O3. The second-order valence-electron chi connectivity index (χ2n) is 8.47. The van der Waals surface area contributed by atoms with Gasteiger partial charge in [-0.2, -0.15) is 20.3 Å². The number of ether oxygens (including phenoxy) is 1. The Labute approximate surface area is 182 Å². The van der Waals surface area contributed by atoms with Crippen molar-refractivity contribution >= 4 is 29.0 Å². The van der Waals surface area contributed by atoms with E-state index < -0.39 is 12.0 Å². The van der Waals surface area contributed by atoms with E-state index in [1.165, 1.54) is 10.6 Å². The van der Waals surface area contributed by atoms with E-state index in [2.05, 4.69) is 42.7 Å². The molecule has 0 aliphatic carbocycles. The molecule has 0 fully saturated rings. The largest absolute Gasteiger partial charge is 0.423 e. The lowest BCUT2D eigenvalue weighted by atomic mass is 9.87. The van der Waals surface area contributed by atoms with Gasteiger partial charge in [-0.1, -0.05) is 39.5 Å². The Morgan fingerprint density at radius 2 is 1.71 bits per heavy atom. The molecule has 7 nitrogen and oxygen atoms in total. The number of rotatable bonds is 5. The predicted molar refractivity (Wildman–Crippen MR) is 121 cm³/mol. The molecule has 1 aliphatic rings. The zero-order valence-electron chi connectivity index (χ0n) is 18.4. The number of hydrogen-bond donors (Lipinski definition) is 0. The van der Waals surface area contributed by atoms with E-state index in [1.54, 1.807) is 38.1 Å². The standard InChI is InChI=1S/C24H26N4O3/c1-15(2)23(30)31-20-13-9-18(10-14-20)25-26-21-16(3)27-28(22(21)29)19-11-7-17(8-12-19)24(4,5)6/h7-14,21H,1H2,2-6H3. The Bertz CT molecular complexity index is 1060. The minimum Gasteiger partial charge on any atom is -0.423 e. The fraction of sp³-hybridized carbons (Fsp3) is 0.292. The number of anilines is 1. The normalized spacial score (nSPS) is 16.5. The van der Waals surface area contributed by atoms with Crippen molar-refractivity contribution in [3.05, 3.63) is 66.2 Å². The molecule has 1 amide bonds. The second-order valence-corrected chi connectivity index (χ2v) is 8.47. The van der Waals surface area contributed by atoms with Gasteiger partial charge in [0.25, 0.3) is 5.91 Å². The summed E-state index contributed by atoms with van der Waals surface area (Å²) < 4.78 is 5.14. The number of hydrogen-bond acceptors (Lipinski definition) is 6. The zero-order valence-corrected chi connectivity index (χ0v) is 18.4. The van der Waals surface area contributed by atoms with Crippen LogP contribution in [0.2, 0.25) is 0 Å². The monoisotopic (exact) mass is 418 g/mol. The maximum atomic E-state index is 12.9. The van der Waals surface area contributed by atoms with Crippen LogP contribution in [0.5, 0.6) is 5.75 Å². The van der Waals surface area contributed by atoms with E-state index in [4.69, 9.17) is 4.74 Å². The molecular weight excluding hydrogens is 392 g/mol. The molecule has 0 spiro atoms. The highest BCUT2D eigenvalue weighted by molar-refractivity contribution is 6.18. The second kappa shape index (κ2) is 8.63. The van der Waals surface area contributed by atoms with Crippen LogP contribution in [0.1, 0.15) is 40.2 Å². The molecule has 3 rings (SSSR count). The fourth-order valence-corrected chi connectivity index (χ4v) is 2.88. The first-order chi connectivity index (χ1) is 14.6. The predicted octanol–water partition coefficient (Wildman–Crippen LogP) is 5.34. The highest BCUT2D eigenvalue weighted by Gasteiger charge is 2.34. The van der Waals surface area contributed by atoms with Gasteiger partial charge in [-0.3, -0.25) is 4.79 Å². The van der Waals surface area contributed by atoms with Gasteiger partial charge in [-0.15, -0.1) is 0 Å². The lowest BCUT2D eigenvalue weighted by Crippen LogP contribution is -2.29. The van der Waals surface area contributed by atoms with Gasteiger partial charge in [-0.05, 0) is 61.2 Å². The van der Waals surface area contributed by atoms with Crippen molar-refractivity contribution in [1.29, 1.82) is 0 Å². The highest BCUT2D eigenvalue weighted by Crippen LogP contribution is 2.28. The number of amides is 1. The van der Waals surface area contributed by atoms with Crippen LogP contribution in [0.15, 0.2) is 76.0 Å². The van der Waals surface area contributed by atoms with Crippen LogP contribution in [-0.2, 0) is 15.0 Å². The Morgan fingerprint density at radius 1 is 1.10 bits per heavy atom.